The van der Waals surface area contributed by atoms with Gasteiger partial charge < -0.3 is 5.11 Å². The summed E-state index contributed by atoms with van der Waals surface area (Å²) in [5.74, 6) is 2.60. The Balaban J connectivity index is 2.77. The summed E-state index contributed by atoms with van der Waals surface area (Å²) in [5.41, 5.74) is 2.47. The van der Waals surface area contributed by atoms with Crippen LogP contribution in [0.5, 0.6) is 0 Å². The highest BCUT2D eigenvalue weighted by Gasteiger charge is 2.10. The van der Waals surface area contributed by atoms with E-state index in [1.54, 1.807) is 0 Å². The van der Waals surface area contributed by atoms with Gasteiger partial charge in [-0.05, 0) is 35.5 Å². The van der Waals surface area contributed by atoms with Crippen LogP contribution in [-0.4, -0.2) is 5.11 Å². The predicted octanol–water partition coefficient (Wildman–Crippen LogP) is 2.96. The molecular formula is C13H16O. The number of aliphatic hydroxyl groups is 1. The van der Waals surface area contributed by atoms with Gasteiger partial charge >= 0.3 is 0 Å². The standard InChI is InChI=1S/C13H16O/c1-13(2,3)10-12-6-4-11(5-7-12)8-9-14/h4-7,14H,10H2,1-3H3. The minimum Gasteiger partial charge on any atom is -0.462 e. The van der Waals surface area contributed by atoms with E-state index in [-0.39, 0.29) is 0 Å². The molecule has 0 heterocycles. The first-order chi connectivity index (χ1) is 6.51. The smallest absolute Gasteiger partial charge is 0.113 e. The molecule has 0 atom stereocenters. The zero-order chi connectivity index (χ0) is 10.6. The van der Waals surface area contributed by atoms with Crippen LogP contribution in [0.4, 0.5) is 0 Å². The van der Waals surface area contributed by atoms with Crippen LogP contribution in [0, 0.1) is 17.4 Å². The van der Waals surface area contributed by atoms with E-state index in [4.69, 9.17) is 5.11 Å². The van der Waals surface area contributed by atoms with Crippen molar-refractivity contribution in [1.82, 2.24) is 0 Å². The molecule has 0 saturated heterocycles. The summed E-state index contributed by atoms with van der Waals surface area (Å²) in [7, 11) is 0. The summed E-state index contributed by atoms with van der Waals surface area (Å²) in [5, 5.41) is 8.41. The molecule has 14 heavy (non-hydrogen) atoms. The molecule has 1 N–H and O–H groups in total. The lowest BCUT2D eigenvalue weighted by atomic mass is 9.88. The molecule has 0 amide bonds. The third kappa shape index (κ3) is 3.53. The van der Waals surface area contributed by atoms with E-state index in [1.165, 1.54) is 5.56 Å². The van der Waals surface area contributed by atoms with Crippen LogP contribution < -0.4 is 0 Å². The van der Waals surface area contributed by atoms with Crippen molar-refractivity contribution >= 4 is 0 Å². The third-order valence-electron chi connectivity index (χ3n) is 1.89. The van der Waals surface area contributed by atoms with Crippen molar-refractivity contribution in [2.24, 2.45) is 5.41 Å². The van der Waals surface area contributed by atoms with Crippen LogP contribution in [0.3, 0.4) is 0 Å². The van der Waals surface area contributed by atoms with E-state index >= 15 is 0 Å². The molecule has 0 aliphatic rings. The lowest BCUT2D eigenvalue weighted by Gasteiger charge is -2.17. The van der Waals surface area contributed by atoms with Gasteiger partial charge in [-0.3, -0.25) is 0 Å². The Morgan fingerprint density at radius 3 is 2.14 bits per heavy atom. The van der Waals surface area contributed by atoms with E-state index in [9.17, 15) is 0 Å². The average molecular weight is 188 g/mol. The second-order valence-electron chi connectivity index (χ2n) is 4.67. The Hall–Kier alpha value is -1.42. The lowest BCUT2D eigenvalue weighted by molar-refractivity contribution is 0.411. The second-order valence-corrected chi connectivity index (χ2v) is 4.67. The maximum absolute atomic E-state index is 8.41. The highest BCUT2D eigenvalue weighted by Crippen LogP contribution is 2.20. The molecule has 0 radical (unpaired) electrons. The third-order valence-corrected chi connectivity index (χ3v) is 1.89. The SMILES string of the molecule is CC(C)(C)Cc1ccc(C#CO)cc1. The van der Waals surface area contributed by atoms with Gasteiger partial charge in [0.2, 0.25) is 0 Å². The van der Waals surface area contributed by atoms with Gasteiger partial charge in [0.1, 0.15) is 6.11 Å². The van der Waals surface area contributed by atoms with Crippen LogP contribution in [0.25, 0.3) is 0 Å². The van der Waals surface area contributed by atoms with Crippen molar-refractivity contribution in [3.05, 3.63) is 35.4 Å². The Morgan fingerprint density at radius 2 is 1.71 bits per heavy atom. The van der Waals surface area contributed by atoms with Crippen molar-refractivity contribution in [3.8, 4) is 12.0 Å². The number of hydrogen-bond acceptors (Lipinski definition) is 1. The van der Waals surface area contributed by atoms with Crippen molar-refractivity contribution in [2.45, 2.75) is 27.2 Å². The fraction of sp³-hybridized carbons (Fsp3) is 0.385. The number of rotatable bonds is 1. The number of aliphatic hydroxyl groups excluding tert-OH is 1. The fourth-order valence-electron chi connectivity index (χ4n) is 1.38. The van der Waals surface area contributed by atoms with Gasteiger partial charge in [0, 0.05) is 5.56 Å². The Bertz CT molecular complexity index is 344. The maximum atomic E-state index is 8.41. The van der Waals surface area contributed by atoms with Crippen molar-refractivity contribution in [3.63, 3.8) is 0 Å². The minimum atomic E-state index is 0.310. The summed E-state index contributed by atoms with van der Waals surface area (Å²) in [4.78, 5) is 0. The zero-order valence-corrected chi connectivity index (χ0v) is 8.96. The first kappa shape index (κ1) is 10.7. The Kier molecular flexibility index (Phi) is 3.19. The molecule has 0 spiro atoms. The van der Waals surface area contributed by atoms with E-state index in [0.717, 1.165) is 12.0 Å². The van der Waals surface area contributed by atoms with E-state index in [0.29, 0.717) is 5.41 Å². The average Bonchev–Trinajstić information content (AvgIpc) is 2.06. The molecule has 0 bridgehead atoms. The monoisotopic (exact) mass is 188 g/mol. The quantitative estimate of drug-likeness (QED) is 0.672. The van der Waals surface area contributed by atoms with Crippen LogP contribution >= 0.6 is 0 Å². The molecule has 1 heteroatoms. The van der Waals surface area contributed by atoms with Crippen LogP contribution in [0.15, 0.2) is 24.3 Å². The molecule has 1 aromatic carbocycles. The van der Waals surface area contributed by atoms with Gasteiger partial charge in [0.05, 0.1) is 0 Å². The van der Waals surface area contributed by atoms with Crippen LogP contribution in [-0.2, 0) is 6.42 Å². The second kappa shape index (κ2) is 4.19. The number of benzene rings is 1. The van der Waals surface area contributed by atoms with Gasteiger partial charge in [0.15, 0.2) is 0 Å². The van der Waals surface area contributed by atoms with Crippen molar-refractivity contribution < 1.29 is 5.11 Å². The molecule has 0 aromatic heterocycles. The Morgan fingerprint density at radius 1 is 1.14 bits per heavy atom. The van der Waals surface area contributed by atoms with E-state index in [2.05, 4.69) is 38.8 Å². The molecule has 1 aromatic rings. The lowest BCUT2D eigenvalue weighted by Crippen LogP contribution is -2.08. The summed E-state index contributed by atoms with van der Waals surface area (Å²) in [6.07, 6.45) is 2.96. The van der Waals surface area contributed by atoms with Gasteiger partial charge in [-0.1, -0.05) is 32.9 Å². The molecule has 0 aliphatic heterocycles. The largest absolute Gasteiger partial charge is 0.462 e. The summed E-state index contributed by atoms with van der Waals surface area (Å²) in [6.45, 7) is 6.65. The predicted molar refractivity (Wildman–Crippen MR) is 58.4 cm³/mol. The molecular weight excluding hydrogens is 172 g/mol. The topological polar surface area (TPSA) is 20.2 Å². The van der Waals surface area contributed by atoms with Gasteiger partial charge in [0.25, 0.3) is 0 Å². The normalized spacial score (nSPS) is 10.5. The Labute approximate surface area is 85.8 Å². The van der Waals surface area contributed by atoms with Crippen LogP contribution in [0.1, 0.15) is 31.9 Å². The highest BCUT2D eigenvalue weighted by molar-refractivity contribution is 5.35. The van der Waals surface area contributed by atoms with Gasteiger partial charge in [-0.2, -0.15) is 0 Å². The molecule has 0 aliphatic carbocycles. The summed E-state index contributed by atoms with van der Waals surface area (Å²) >= 11 is 0. The molecule has 1 rings (SSSR count). The molecule has 74 valence electrons. The number of hydrogen-bond donors (Lipinski definition) is 1. The van der Waals surface area contributed by atoms with Gasteiger partial charge in [-0.25, -0.2) is 0 Å². The van der Waals surface area contributed by atoms with Crippen LogP contribution in [0.2, 0.25) is 0 Å². The fourth-order valence-corrected chi connectivity index (χ4v) is 1.38. The minimum absolute atomic E-state index is 0.310. The van der Waals surface area contributed by atoms with E-state index < -0.39 is 0 Å². The first-order valence-electron chi connectivity index (χ1n) is 4.75. The summed E-state index contributed by atoms with van der Waals surface area (Å²) in [6, 6.07) is 7.99. The molecule has 1 nitrogen and oxygen atoms in total. The van der Waals surface area contributed by atoms with Crippen molar-refractivity contribution in [1.29, 1.82) is 0 Å². The zero-order valence-electron chi connectivity index (χ0n) is 8.96. The molecule has 0 saturated carbocycles. The molecule has 0 fully saturated rings. The summed E-state index contributed by atoms with van der Waals surface area (Å²) < 4.78 is 0. The maximum Gasteiger partial charge on any atom is 0.113 e. The van der Waals surface area contributed by atoms with Crippen molar-refractivity contribution in [2.75, 3.05) is 0 Å². The highest BCUT2D eigenvalue weighted by atomic mass is 16.2. The van der Waals surface area contributed by atoms with Gasteiger partial charge in [-0.15, -0.1) is 0 Å². The van der Waals surface area contributed by atoms with E-state index in [1.807, 2.05) is 18.2 Å². The molecule has 0 unspecified atom stereocenters. The first-order valence-corrected chi connectivity index (χ1v) is 4.75.